The second-order valence-electron chi connectivity index (χ2n) is 5.06. The van der Waals surface area contributed by atoms with E-state index in [0.717, 1.165) is 25.1 Å². The molecule has 0 unspecified atom stereocenters. The molecule has 104 valence electrons. The van der Waals surface area contributed by atoms with Gasteiger partial charge in [0.1, 0.15) is 0 Å². The molecule has 2 rings (SSSR count). The van der Waals surface area contributed by atoms with Gasteiger partial charge in [-0.1, -0.05) is 23.7 Å². The molecular weight excluding hydrogens is 260 g/mol. The second kappa shape index (κ2) is 7.51. The van der Waals surface area contributed by atoms with Gasteiger partial charge in [-0.25, -0.2) is 0 Å². The Morgan fingerprint density at radius 2 is 1.89 bits per heavy atom. The van der Waals surface area contributed by atoms with E-state index in [1.165, 1.54) is 25.9 Å². The largest absolute Gasteiger partial charge is 0.356 e. The summed E-state index contributed by atoms with van der Waals surface area (Å²) in [4.78, 5) is 14.2. The molecule has 1 aliphatic heterocycles. The van der Waals surface area contributed by atoms with Crippen LogP contribution in [0.5, 0.6) is 0 Å². The number of rotatable bonds is 6. The number of likely N-dealkylation sites (tertiary alicyclic amines) is 1. The van der Waals surface area contributed by atoms with Gasteiger partial charge in [0.25, 0.3) is 0 Å². The van der Waals surface area contributed by atoms with Crippen molar-refractivity contribution in [3.8, 4) is 0 Å². The number of benzene rings is 1. The maximum Gasteiger partial charge on any atom is 0.224 e. The molecule has 1 heterocycles. The average molecular weight is 281 g/mol. The first-order chi connectivity index (χ1) is 9.24. The van der Waals surface area contributed by atoms with Crippen LogP contribution >= 0.6 is 11.6 Å². The lowest BCUT2D eigenvalue weighted by molar-refractivity contribution is -0.120. The van der Waals surface area contributed by atoms with Crippen LogP contribution in [-0.2, 0) is 11.2 Å². The molecule has 1 fully saturated rings. The fourth-order valence-electron chi connectivity index (χ4n) is 2.39. The highest BCUT2D eigenvalue weighted by Gasteiger charge is 2.10. The lowest BCUT2D eigenvalue weighted by Gasteiger charge is -2.14. The van der Waals surface area contributed by atoms with Crippen LogP contribution in [0.1, 0.15) is 24.8 Å². The summed E-state index contributed by atoms with van der Waals surface area (Å²) in [5.74, 6) is 0.0868. The number of amides is 1. The smallest absolute Gasteiger partial charge is 0.224 e. The summed E-state index contributed by atoms with van der Waals surface area (Å²) < 4.78 is 0. The SMILES string of the molecule is O=C(Cc1ccc(Cl)cc1)NCCCN1CCCC1. The quantitative estimate of drug-likeness (QED) is 0.812. The molecule has 0 atom stereocenters. The van der Waals surface area contributed by atoms with E-state index in [1.807, 2.05) is 24.3 Å². The monoisotopic (exact) mass is 280 g/mol. The third-order valence-corrected chi connectivity index (χ3v) is 3.70. The molecule has 1 aromatic carbocycles. The van der Waals surface area contributed by atoms with Crippen molar-refractivity contribution in [1.29, 1.82) is 0 Å². The van der Waals surface area contributed by atoms with Gasteiger partial charge in [0.15, 0.2) is 0 Å². The number of halogens is 1. The number of carbonyl (C=O) groups excluding carboxylic acids is 1. The number of hydrogen-bond acceptors (Lipinski definition) is 2. The fraction of sp³-hybridized carbons (Fsp3) is 0.533. The van der Waals surface area contributed by atoms with Gasteiger partial charge >= 0.3 is 0 Å². The Labute approximate surface area is 119 Å². The molecule has 0 aliphatic carbocycles. The van der Waals surface area contributed by atoms with Gasteiger partial charge in [-0.3, -0.25) is 4.79 Å². The fourth-order valence-corrected chi connectivity index (χ4v) is 2.51. The summed E-state index contributed by atoms with van der Waals surface area (Å²) in [6.45, 7) is 4.31. The molecule has 19 heavy (non-hydrogen) atoms. The molecular formula is C15H21ClN2O. The van der Waals surface area contributed by atoms with Crippen molar-refractivity contribution in [3.05, 3.63) is 34.9 Å². The van der Waals surface area contributed by atoms with Crippen LogP contribution in [0.25, 0.3) is 0 Å². The summed E-state index contributed by atoms with van der Waals surface area (Å²) in [5, 5.41) is 3.67. The zero-order valence-corrected chi connectivity index (χ0v) is 12.0. The van der Waals surface area contributed by atoms with Crippen molar-refractivity contribution < 1.29 is 4.79 Å². The molecule has 0 bridgehead atoms. The van der Waals surface area contributed by atoms with E-state index in [-0.39, 0.29) is 5.91 Å². The van der Waals surface area contributed by atoms with Gasteiger partial charge < -0.3 is 10.2 Å². The maximum absolute atomic E-state index is 11.7. The molecule has 1 saturated heterocycles. The van der Waals surface area contributed by atoms with Gasteiger partial charge in [-0.05, 0) is 56.6 Å². The minimum absolute atomic E-state index is 0.0868. The molecule has 0 aromatic heterocycles. The average Bonchev–Trinajstić information content (AvgIpc) is 2.91. The third kappa shape index (κ3) is 5.21. The van der Waals surface area contributed by atoms with Crippen LogP contribution in [0.4, 0.5) is 0 Å². The molecule has 0 spiro atoms. The van der Waals surface area contributed by atoms with E-state index in [9.17, 15) is 4.79 Å². The molecule has 4 heteroatoms. The van der Waals surface area contributed by atoms with Crippen LogP contribution < -0.4 is 5.32 Å². The lowest BCUT2D eigenvalue weighted by Crippen LogP contribution is -2.29. The highest BCUT2D eigenvalue weighted by molar-refractivity contribution is 6.30. The Kier molecular flexibility index (Phi) is 5.67. The minimum atomic E-state index is 0.0868. The van der Waals surface area contributed by atoms with Gasteiger partial charge in [-0.15, -0.1) is 0 Å². The zero-order valence-electron chi connectivity index (χ0n) is 11.2. The standard InChI is InChI=1S/C15H21ClN2O/c16-14-6-4-13(5-7-14)12-15(19)17-8-3-11-18-9-1-2-10-18/h4-7H,1-3,8-12H2,(H,17,19). The molecule has 1 aromatic rings. The van der Waals surface area contributed by atoms with E-state index >= 15 is 0 Å². The van der Waals surface area contributed by atoms with Gasteiger partial charge in [-0.2, -0.15) is 0 Å². The summed E-state index contributed by atoms with van der Waals surface area (Å²) in [6, 6.07) is 7.42. The molecule has 1 N–H and O–H groups in total. The summed E-state index contributed by atoms with van der Waals surface area (Å²) >= 11 is 5.81. The number of nitrogens with one attached hydrogen (secondary N) is 1. The van der Waals surface area contributed by atoms with E-state index in [0.29, 0.717) is 11.4 Å². The van der Waals surface area contributed by atoms with Crippen LogP contribution in [0.3, 0.4) is 0 Å². The number of hydrogen-bond donors (Lipinski definition) is 1. The highest BCUT2D eigenvalue weighted by atomic mass is 35.5. The van der Waals surface area contributed by atoms with E-state index < -0.39 is 0 Å². The van der Waals surface area contributed by atoms with E-state index in [4.69, 9.17) is 11.6 Å². The number of carbonyl (C=O) groups is 1. The van der Waals surface area contributed by atoms with Crippen molar-refractivity contribution >= 4 is 17.5 Å². The maximum atomic E-state index is 11.7. The predicted octanol–water partition coefficient (Wildman–Crippen LogP) is 2.48. The molecule has 1 aliphatic rings. The van der Waals surface area contributed by atoms with Gasteiger partial charge in [0.2, 0.25) is 5.91 Å². The van der Waals surface area contributed by atoms with Crippen molar-refractivity contribution in [1.82, 2.24) is 10.2 Å². The van der Waals surface area contributed by atoms with Gasteiger partial charge in [0.05, 0.1) is 6.42 Å². The minimum Gasteiger partial charge on any atom is -0.356 e. The highest BCUT2D eigenvalue weighted by Crippen LogP contribution is 2.10. The molecule has 3 nitrogen and oxygen atoms in total. The predicted molar refractivity (Wildman–Crippen MR) is 78.5 cm³/mol. The Hall–Kier alpha value is -1.06. The van der Waals surface area contributed by atoms with Gasteiger partial charge in [0, 0.05) is 11.6 Å². The molecule has 0 saturated carbocycles. The number of nitrogens with zero attached hydrogens (tertiary/aromatic N) is 1. The van der Waals surface area contributed by atoms with Crippen molar-refractivity contribution in [2.45, 2.75) is 25.7 Å². The van der Waals surface area contributed by atoms with Crippen LogP contribution in [-0.4, -0.2) is 37.0 Å². The first-order valence-corrected chi connectivity index (χ1v) is 7.35. The molecule has 1 amide bonds. The first-order valence-electron chi connectivity index (χ1n) is 6.97. The van der Waals surface area contributed by atoms with E-state index in [2.05, 4.69) is 10.2 Å². The summed E-state index contributed by atoms with van der Waals surface area (Å²) in [5.41, 5.74) is 1.00. The van der Waals surface area contributed by atoms with E-state index in [1.54, 1.807) is 0 Å². The van der Waals surface area contributed by atoms with Crippen molar-refractivity contribution in [2.75, 3.05) is 26.2 Å². The third-order valence-electron chi connectivity index (χ3n) is 3.45. The summed E-state index contributed by atoms with van der Waals surface area (Å²) in [7, 11) is 0. The molecule has 0 radical (unpaired) electrons. The van der Waals surface area contributed by atoms with Crippen LogP contribution in [0, 0.1) is 0 Å². The first kappa shape index (κ1) is 14.4. The second-order valence-corrected chi connectivity index (χ2v) is 5.49. The van der Waals surface area contributed by atoms with Crippen LogP contribution in [0.15, 0.2) is 24.3 Å². The Bertz CT molecular complexity index is 399. The van der Waals surface area contributed by atoms with Crippen molar-refractivity contribution in [2.24, 2.45) is 0 Å². The van der Waals surface area contributed by atoms with Crippen LogP contribution in [0.2, 0.25) is 5.02 Å². The Balaban J connectivity index is 1.60. The topological polar surface area (TPSA) is 32.3 Å². The Morgan fingerprint density at radius 1 is 1.21 bits per heavy atom. The van der Waals surface area contributed by atoms with Crippen molar-refractivity contribution in [3.63, 3.8) is 0 Å². The lowest BCUT2D eigenvalue weighted by atomic mass is 10.1. The Morgan fingerprint density at radius 3 is 2.58 bits per heavy atom. The normalized spacial score (nSPS) is 15.6. The zero-order chi connectivity index (χ0) is 13.5. The summed E-state index contributed by atoms with van der Waals surface area (Å²) in [6.07, 6.45) is 4.11.